The van der Waals surface area contributed by atoms with Crippen LogP contribution >= 0.6 is 15.9 Å². The Hall–Kier alpha value is -0.540. The van der Waals surface area contributed by atoms with Crippen molar-refractivity contribution in [3.05, 3.63) is 27.7 Å². The standard InChI is InChI=1S/C14H20BrNO/c1-10-6-12(8-13(17-2)14(10)15)7-11-4-3-5-16-9-11/h6,8,11,16H,3-5,7,9H2,1-2H3. The Morgan fingerprint density at radius 1 is 1.47 bits per heavy atom. The van der Waals surface area contributed by atoms with Crippen molar-refractivity contribution in [1.82, 2.24) is 5.32 Å². The van der Waals surface area contributed by atoms with Gasteiger partial charge in [0.05, 0.1) is 11.6 Å². The lowest BCUT2D eigenvalue weighted by Crippen LogP contribution is -2.30. The third kappa shape index (κ3) is 3.23. The monoisotopic (exact) mass is 297 g/mol. The molecule has 94 valence electrons. The minimum Gasteiger partial charge on any atom is -0.496 e. The van der Waals surface area contributed by atoms with Crippen LogP contribution in [0.5, 0.6) is 5.75 Å². The summed E-state index contributed by atoms with van der Waals surface area (Å²) in [6.45, 7) is 4.45. The van der Waals surface area contributed by atoms with E-state index in [9.17, 15) is 0 Å². The number of hydrogen-bond acceptors (Lipinski definition) is 2. The molecule has 3 heteroatoms. The molecule has 1 N–H and O–H groups in total. The molecule has 1 aliphatic heterocycles. The van der Waals surface area contributed by atoms with Crippen LogP contribution in [-0.2, 0) is 6.42 Å². The molecule has 0 amide bonds. The first-order valence-corrected chi connectivity index (χ1v) is 7.03. The Kier molecular flexibility index (Phi) is 4.46. The second-order valence-corrected chi connectivity index (χ2v) is 5.64. The largest absolute Gasteiger partial charge is 0.496 e. The number of rotatable bonds is 3. The van der Waals surface area contributed by atoms with Crippen LogP contribution in [0.15, 0.2) is 16.6 Å². The quantitative estimate of drug-likeness (QED) is 0.924. The van der Waals surface area contributed by atoms with Gasteiger partial charge in [-0.2, -0.15) is 0 Å². The van der Waals surface area contributed by atoms with Gasteiger partial charge in [-0.05, 0) is 78.3 Å². The second kappa shape index (κ2) is 5.87. The van der Waals surface area contributed by atoms with Crippen LogP contribution in [0, 0.1) is 12.8 Å². The summed E-state index contributed by atoms with van der Waals surface area (Å²) in [5.41, 5.74) is 2.64. The van der Waals surface area contributed by atoms with Crippen molar-refractivity contribution in [3.63, 3.8) is 0 Å². The minimum atomic E-state index is 0.772. The fourth-order valence-electron chi connectivity index (χ4n) is 2.51. The first kappa shape index (κ1) is 12.9. The molecule has 0 aromatic heterocycles. The Morgan fingerprint density at radius 3 is 2.94 bits per heavy atom. The molecule has 1 aromatic rings. The zero-order chi connectivity index (χ0) is 12.3. The summed E-state index contributed by atoms with van der Waals surface area (Å²) in [5, 5.41) is 3.47. The molecule has 2 rings (SSSR count). The van der Waals surface area contributed by atoms with E-state index in [1.54, 1.807) is 7.11 Å². The van der Waals surface area contributed by atoms with Crippen LogP contribution in [0.4, 0.5) is 0 Å². The summed E-state index contributed by atoms with van der Waals surface area (Å²) in [4.78, 5) is 0. The predicted octanol–water partition coefficient (Wildman–Crippen LogP) is 3.31. The van der Waals surface area contributed by atoms with Crippen molar-refractivity contribution >= 4 is 15.9 Å². The lowest BCUT2D eigenvalue weighted by molar-refractivity contribution is 0.374. The molecular weight excluding hydrogens is 278 g/mol. The average Bonchev–Trinajstić information content (AvgIpc) is 2.35. The average molecular weight is 298 g/mol. The fourth-order valence-corrected chi connectivity index (χ4v) is 2.90. The molecule has 1 aliphatic rings. The molecule has 17 heavy (non-hydrogen) atoms. The summed E-state index contributed by atoms with van der Waals surface area (Å²) >= 11 is 3.56. The summed E-state index contributed by atoms with van der Waals surface area (Å²) in [7, 11) is 1.73. The van der Waals surface area contributed by atoms with Gasteiger partial charge in [0, 0.05) is 0 Å². The SMILES string of the molecule is COc1cc(CC2CCCNC2)cc(C)c1Br. The fraction of sp³-hybridized carbons (Fsp3) is 0.571. The van der Waals surface area contributed by atoms with Gasteiger partial charge < -0.3 is 10.1 Å². The molecule has 0 aliphatic carbocycles. The van der Waals surface area contributed by atoms with Crippen molar-refractivity contribution in [3.8, 4) is 5.75 Å². The smallest absolute Gasteiger partial charge is 0.133 e. The van der Waals surface area contributed by atoms with E-state index in [4.69, 9.17) is 4.74 Å². The van der Waals surface area contributed by atoms with E-state index >= 15 is 0 Å². The molecule has 1 aromatic carbocycles. The van der Waals surface area contributed by atoms with Crippen LogP contribution in [0.25, 0.3) is 0 Å². The van der Waals surface area contributed by atoms with Crippen LogP contribution < -0.4 is 10.1 Å². The van der Waals surface area contributed by atoms with Crippen molar-refractivity contribution in [2.24, 2.45) is 5.92 Å². The maximum absolute atomic E-state index is 5.39. The van der Waals surface area contributed by atoms with Gasteiger partial charge in [0.1, 0.15) is 5.75 Å². The van der Waals surface area contributed by atoms with Crippen molar-refractivity contribution in [1.29, 1.82) is 0 Å². The number of hydrogen-bond donors (Lipinski definition) is 1. The Bertz CT molecular complexity index is 386. The van der Waals surface area contributed by atoms with Crippen molar-refractivity contribution < 1.29 is 4.74 Å². The van der Waals surface area contributed by atoms with Gasteiger partial charge in [0.15, 0.2) is 0 Å². The van der Waals surface area contributed by atoms with E-state index in [-0.39, 0.29) is 0 Å². The van der Waals surface area contributed by atoms with Gasteiger partial charge in [-0.15, -0.1) is 0 Å². The lowest BCUT2D eigenvalue weighted by Gasteiger charge is -2.23. The lowest BCUT2D eigenvalue weighted by atomic mass is 9.92. The molecule has 0 radical (unpaired) electrons. The maximum atomic E-state index is 5.39. The third-order valence-corrected chi connectivity index (χ3v) is 4.44. The molecular formula is C14H20BrNO. The van der Waals surface area contributed by atoms with Gasteiger partial charge in [0.25, 0.3) is 0 Å². The highest BCUT2D eigenvalue weighted by molar-refractivity contribution is 9.10. The van der Waals surface area contributed by atoms with E-state index in [1.807, 2.05) is 0 Å². The molecule has 1 atom stereocenters. The highest BCUT2D eigenvalue weighted by Crippen LogP contribution is 2.31. The van der Waals surface area contributed by atoms with Gasteiger partial charge in [-0.25, -0.2) is 0 Å². The number of ether oxygens (including phenoxy) is 1. The van der Waals surface area contributed by atoms with Gasteiger partial charge in [-0.1, -0.05) is 6.07 Å². The Morgan fingerprint density at radius 2 is 2.29 bits per heavy atom. The first-order valence-electron chi connectivity index (χ1n) is 6.24. The van der Waals surface area contributed by atoms with Crippen LogP contribution in [0.3, 0.4) is 0 Å². The second-order valence-electron chi connectivity index (χ2n) is 4.85. The number of piperidine rings is 1. The van der Waals surface area contributed by atoms with Crippen molar-refractivity contribution in [2.45, 2.75) is 26.2 Å². The number of benzene rings is 1. The summed E-state index contributed by atoms with van der Waals surface area (Å²) in [5.74, 6) is 1.72. The summed E-state index contributed by atoms with van der Waals surface area (Å²) < 4.78 is 6.47. The molecule has 0 spiro atoms. The highest BCUT2D eigenvalue weighted by Gasteiger charge is 2.15. The van der Waals surface area contributed by atoms with Crippen LogP contribution in [-0.4, -0.2) is 20.2 Å². The van der Waals surface area contributed by atoms with E-state index in [0.29, 0.717) is 0 Å². The van der Waals surface area contributed by atoms with Gasteiger partial charge in [0.2, 0.25) is 0 Å². The summed E-state index contributed by atoms with van der Waals surface area (Å²) in [6.07, 6.45) is 3.79. The molecule has 1 unspecified atom stereocenters. The molecule has 1 saturated heterocycles. The molecule has 0 saturated carbocycles. The molecule has 1 heterocycles. The van der Waals surface area contributed by atoms with Gasteiger partial charge >= 0.3 is 0 Å². The number of methoxy groups -OCH3 is 1. The minimum absolute atomic E-state index is 0.772. The molecule has 2 nitrogen and oxygen atoms in total. The maximum Gasteiger partial charge on any atom is 0.133 e. The van der Waals surface area contributed by atoms with Gasteiger partial charge in [-0.3, -0.25) is 0 Å². The number of halogens is 1. The van der Waals surface area contributed by atoms with E-state index in [1.165, 1.54) is 30.5 Å². The molecule has 1 fully saturated rings. The topological polar surface area (TPSA) is 21.3 Å². The van der Waals surface area contributed by atoms with E-state index < -0.39 is 0 Å². The highest BCUT2D eigenvalue weighted by atomic mass is 79.9. The van der Waals surface area contributed by atoms with E-state index in [0.717, 1.165) is 29.1 Å². The zero-order valence-corrected chi connectivity index (χ0v) is 12.1. The Balaban J connectivity index is 2.12. The van der Waals surface area contributed by atoms with Crippen molar-refractivity contribution in [2.75, 3.05) is 20.2 Å². The van der Waals surface area contributed by atoms with Crippen LogP contribution in [0.2, 0.25) is 0 Å². The zero-order valence-electron chi connectivity index (χ0n) is 10.6. The van der Waals surface area contributed by atoms with E-state index in [2.05, 4.69) is 40.3 Å². The van der Waals surface area contributed by atoms with Crippen LogP contribution in [0.1, 0.15) is 24.0 Å². The number of nitrogens with one attached hydrogen (secondary N) is 1. The normalized spacial score (nSPS) is 20.3. The predicted molar refractivity (Wildman–Crippen MR) is 74.7 cm³/mol. The first-order chi connectivity index (χ1) is 8.20. The Labute approximate surface area is 112 Å². The third-order valence-electron chi connectivity index (χ3n) is 3.42. The number of aryl methyl sites for hydroxylation is 1. The molecule has 0 bridgehead atoms. The summed E-state index contributed by atoms with van der Waals surface area (Å²) in [6, 6.07) is 4.42.